The van der Waals surface area contributed by atoms with Gasteiger partial charge < -0.3 is 9.80 Å². The molecule has 0 saturated carbocycles. The smallest absolute Gasteiger partial charge is 0.227 e. The highest BCUT2D eigenvalue weighted by Gasteiger charge is 2.21. The number of pyridine rings is 2. The normalized spacial score (nSPS) is 14.2. The van der Waals surface area contributed by atoms with Gasteiger partial charge in [-0.3, -0.25) is 14.6 Å². The first-order valence-corrected chi connectivity index (χ1v) is 11.0. The van der Waals surface area contributed by atoms with Crippen LogP contribution in [0.2, 0.25) is 0 Å². The number of benzene rings is 1. The Hall–Kier alpha value is -3.54. The molecule has 0 radical (unpaired) electrons. The van der Waals surface area contributed by atoms with E-state index in [0.717, 1.165) is 30.9 Å². The number of nitrogens with zero attached hydrogens (tertiary/aromatic N) is 4. The Morgan fingerprint density at radius 2 is 1.72 bits per heavy atom. The first-order valence-electron chi connectivity index (χ1n) is 11.0. The van der Waals surface area contributed by atoms with Gasteiger partial charge in [-0.1, -0.05) is 35.9 Å². The number of amides is 1. The first kappa shape index (κ1) is 21.7. The molecule has 0 N–H and O–H groups in total. The number of aromatic nitrogens is 2. The summed E-state index contributed by atoms with van der Waals surface area (Å²) in [6.07, 6.45) is 2.97. The highest BCUT2D eigenvalue weighted by atomic mass is 16.2. The summed E-state index contributed by atoms with van der Waals surface area (Å²) in [7, 11) is 0. The van der Waals surface area contributed by atoms with Gasteiger partial charge in [-0.2, -0.15) is 0 Å². The Balaban J connectivity index is 1.42. The predicted molar refractivity (Wildman–Crippen MR) is 125 cm³/mol. The second kappa shape index (κ2) is 9.73. The van der Waals surface area contributed by atoms with Crippen LogP contribution in [-0.2, 0) is 11.2 Å². The van der Waals surface area contributed by atoms with Crippen molar-refractivity contribution in [1.29, 1.82) is 0 Å². The summed E-state index contributed by atoms with van der Waals surface area (Å²) in [5, 5.41) is 0. The van der Waals surface area contributed by atoms with Gasteiger partial charge in [0.1, 0.15) is 11.5 Å². The highest BCUT2D eigenvalue weighted by Crippen LogP contribution is 2.18. The fourth-order valence-corrected chi connectivity index (χ4v) is 3.98. The van der Waals surface area contributed by atoms with Crippen molar-refractivity contribution in [1.82, 2.24) is 14.9 Å². The lowest BCUT2D eigenvalue weighted by Gasteiger charge is -2.23. The molecule has 6 nitrogen and oxygen atoms in total. The topological polar surface area (TPSA) is 66.4 Å². The summed E-state index contributed by atoms with van der Waals surface area (Å²) in [6, 6.07) is 17.2. The molecular formula is C26H28N4O2. The van der Waals surface area contributed by atoms with E-state index in [2.05, 4.69) is 14.9 Å². The number of carbonyl (C=O) groups is 2. The molecule has 1 saturated heterocycles. The van der Waals surface area contributed by atoms with Gasteiger partial charge in [0.25, 0.3) is 0 Å². The summed E-state index contributed by atoms with van der Waals surface area (Å²) in [5.41, 5.74) is 3.91. The van der Waals surface area contributed by atoms with Gasteiger partial charge in [-0.15, -0.1) is 0 Å². The molecule has 4 rings (SSSR count). The van der Waals surface area contributed by atoms with Gasteiger partial charge in [-0.25, -0.2) is 4.98 Å². The third-order valence-corrected chi connectivity index (χ3v) is 5.87. The Bertz CT molecular complexity index is 1110. The molecule has 1 aliphatic heterocycles. The number of aryl methyl sites for hydroxylation is 2. The van der Waals surface area contributed by atoms with E-state index in [-0.39, 0.29) is 11.7 Å². The molecule has 1 aromatic carbocycles. The van der Waals surface area contributed by atoms with Gasteiger partial charge in [0, 0.05) is 43.6 Å². The van der Waals surface area contributed by atoms with Crippen LogP contribution in [-0.4, -0.2) is 52.7 Å². The van der Waals surface area contributed by atoms with E-state index in [1.54, 1.807) is 24.4 Å². The number of ketones is 1. The zero-order chi connectivity index (χ0) is 22.5. The van der Waals surface area contributed by atoms with E-state index < -0.39 is 0 Å². The SMILES string of the molecule is Cc1ccc(CC(=O)N2CCCN(c3cccc(C(=O)c4cccnc4C)n3)CC2)cc1. The van der Waals surface area contributed by atoms with Crippen LogP contribution < -0.4 is 4.90 Å². The molecule has 0 unspecified atom stereocenters. The van der Waals surface area contributed by atoms with Crippen molar-refractivity contribution in [3.05, 3.63) is 88.9 Å². The zero-order valence-electron chi connectivity index (χ0n) is 18.6. The Labute approximate surface area is 188 Å². The number of hydrogen-bond acceptors (Lipinski definition) is 5. The molecule has 1 aliphatic rings. The van der Waals surface area contributed by atoms with E-state index >= 15 is 0 Å². The van der Waals surface area contributed by atoms with Crippen LogP contribution in [0.4, 0.5) is 5.82 Å². The summed E-state index contributed by atoms with van der Waals surface area (Å²) >= 11 is 0. The summed E-state index contributed by atoms with van der Waals surface area (Å²) < 4.78 is 0. The monoisotopic (exact) mass is 428 g/mol. The van der Waals surface area contributed by atoms with Crippen LogP contribution in [0, 0.1) is 13.8 Å². The second-order valence-corrected chi connectivity index (χ2v) is 8.23. The van der Waals surface area contributed by atoms with Gasteiger partial charge in [-0.05, 0) is 50.1 Å². The largest absolute Gasteiger partial charge is 0.355 e. The fourth-order valence-electron chi connectivity index (χ4n) is 3.98. The van der Waals surface area contributed by atoms with Crippen LogP contribution in [0.1, 0.15) is 39.3 Å². The third-order valence-electron chi connectivity index (χ3n) is 5.87. The van der Waals surface area contributed by atoms with Crippen molar-refractivity contribution < 1.29 is 9.59 Å². The molecule has 0 bridgehead atoms. The van der Waals surface area contributed by atoms with Gasteiger partial charge in [0.05, 0.1) is 6.42 Å². The van der Waals surface area contributed by atoms with Gasteiger partial charge in [0.15, 0.2) is 0 Å². The average molecular weight is 429 g/mol. The molecule has 1 fully saturated rings. The number of carbonyl (C=O) groups excluding carboxylic acids is 2. The van der Waals surface area contributed by atoms with Crippen molar-refractivity contribution in [2.24, 2.45) is 0 Å². The lowest BCUT2D eigenvalue weighted by molar-refractivity contribution is -0.130. The zero-order valence-corrected chi connectivity index (χ0v) is 18.6. The number of hydrogen-bond donors (Lipinski definition) is 0. The summed E-state index contributed by atoms with van der Waals surface area (Å²) in [6.45, 7) is 6.74. The lowest BCUT2D eigenvalue weighted by atomic mass is 10.1. The quantitative estimate of drug-likeness (QED) is 0.581. The van der Waals surface area contributed by atoms with E-state index in [9.17, 15) is 9.59 Å². The molecule has 3 aromatic rings. The van der Waals surface area contributed by atoms with Crippen LogP contribution in [0.3, 0.4) is 0 Å². The maximum absolute atomic E-state index is 12.9. The molecule has 1 amide bonds. The van der Waals surface area contributed by atoms with E-state index in [0.29, 0.717) is 36.5 Å². The van der Waals surface area contributed by atoms with Crippen molar-refractivity contribution in [2.45, 2.75) is 26.7 Å². The molecule has 32 heavy (non-hydrogen) atoms. The Morgan fingerprint density at radius 1 is 0.906 bits per heavy atom. The standard InChI is InChI=1S/C26H28N4O2/c1-19-9-11-21(12-10-19)18-25(31)30-15-5-14-29(16-17-30)24-8-3-7-23(28-24)26(32)22-6-4-13-27-20(22)2/h3-4,6-13H,5,14-18H2,1-2H3. The first-order chi connectivity index (χ1) is 15.5. The summed E-state index contributed by atoms with van der Waals surface area (Å²) in [5.74, 6) is 0.798. The number of rotatable bonds is 5. The fraction of sp³-hybridized carbons (Fsp3) is 0.308. The Kier molecular flexibility index (Phi) is 6.59. The lowest BCUT2D eigenvalue weighted by Crippen LogP contribution is -2.36. The molecule has 0 spiro atoms. The number of anilines is 1. The maximum atomic E-state index is 12.9. The van der Waals surface area contributed by atoms with Crippen molar-refractivity contribution in [3.8, 4) is 0 Å². The minimum Gasteiger partial charge on any atom is -0.355 e. The molecule has 0 aliphatic carbocycles. The maximum Gasteiger partial charge on any atom is 0.227 e. The van der Waals surface area contributed by atoms with Crippen molar-refractivity contribution >= 4 is 17.5 Å². The molecular weight excluding hydrogens is 400 g/mol. The van der Waals surface area contributed by atoms with Crippen LogP contribution in [0.25, 0.3) is 0 Å². The Morgan fingerprint density at radius 3 is 2.50 bits per heavy atom. The molecule has 164 valence electrons. The molecule has 2 aromatic heterocycles. The van der Waals surface area contributed by atoms with E-state index in [1.165, 1.54) is 5.56 Å². The molecule has 3 heterocycles. The van der Waals surface area contributed by atoms with E-state index in [1.807, 2.05) is 55.1 Å². The van der Waals surface area contributed by atoms with Gasteiger partial charge in [0.2, 0.25) is 11.7 Å². The van der Waals surface area contributed by atoms with Crippen LogP contribution in [0.15, 0.2) is 60.8 Å². The van der Waals surface area contributed by atoms with Crippen LogP contribution >= 0.6 is 0 Å². The van der Waals surface area contributed by atoms with Crippen molar-refractivity contribution in [2.75, 3.05) is 31.1 Å². The van der Waals surface area contributed by atoms with Crippen molar-refractivity contribution in [3.63, 3.8) is 0 Å². The third kappa shape index (κ3) is 5.02. The molecule has 6 heteroatoms. The van der Waals surface area contributed by atoms with Crippen LogP contribution in [0.5, 0.6) is 0 Å². The second-order valence-electron chi connectivity index (χ2n) is 8.23. The predicted octanol–water partition coefficient (Wildman–Crippen LogP) is 3.61. The summed E-state index contributed by atoms with van der Waals surface area (Å²) in [4.78, 5) is 38.7. The minimum absolute atomic E-state index is 0.123. The van der Waals surface area contributed by atoms with Gasteiger partial charge >= 0.3 is 0 Å². The highest BCUT2D eigenvalue weighted by molar-refractivity contribution is 6.08. The average Bonchev–Trinajstić information content (AvgIpc) is 3.07. The van der Waals surface area contributed by atoms with E-state index in [4.69, 9.17) is 0 Å². The minimum atomic E-state index is -0.123. The molecule has 0 atom stereocenters.